The summed E-state index contributed by atoms with van der Waals surface area (Å²) in [5.41, 5.74) is 1.26. The highest BCUT2D eigenvalue weighted by atomic mass is 16.6. The van der Waals surface area contributed by atoms with Crippen LogP contribution < -0.4 is 14.4 Å². The van der Waals surface area contributed by atoms with Gasteiger partial charge in [-0.25, -0.2) is 4.79 Å². The first-order valence-corrected chi connectivity index (χ1v) is 11.0. The molecule has 7 nitrogen and oxygen atoms in total. The van der Waals surface area contributed by atoms with Crippen molar-refractivity contribution in [3.05, 3.63) is 53.6 Å². The predicted molar refractivity (Wildman–Crippen MR) is 121 cm³/mol. The van der Waals surface area contributed by atoms with Gasteiger partial charge in [-0.2, -0.15) is 0 Å². The highest BCUT2D eigenvalue weighted by molar-refractivity contribution is 6.05. The number of hydrogen-bond acceptors (Lipinski definition) is 5. The van der Waals surface area contributed by atoms with Gasteiger partial charge in [-0.3, -0.25) is 9.69 Å². The van der Waals surface area contributed by atoms with Gasteiger partial charge >= 0.3 is 6.09 Å². The molecule has 0 bridgehead atoms. The Morgan fingerprint density at radius 2 is 1.88 bits per heavy atom. The van der Waals surface area contributed by atoms with Crippen LogP contribution >= 0.6 is 0 Å². The fraction of sp³-hybridized carbons (Fsp3) is 0.440. The van der Waals surface area contributed by atoms with Gasteiger partial charge in [0.1, 0.15) is 12.2 Å². The molecule has 2 aliphatic rings. The zero-order chi connectivity index (χ0) is 22.9. The van der Waals surface area contributed by atoms with Crippen LogP contribution in [0.5, 0.6) is 11.5 Å². The van der Waals surface area contributed by atoms with Gasteiger partial charge in [0.05, 0.1) is 24.4 Å². The first-order valence-electron chi connectivity index (χ1n) is 11.0. The predicted octanol–water partition coefficient (Wildman–Crippen LogP) is 4.63. The van der Waals surface area contributed by atoms with Gasteiger partial charge in [-0.05, 0) is 45.2 Å². The number of carbonyl (C=O) groups is 2. The average molecular weight is 439 g/mol. The molecule has 0 saturated carbocycles. The van der Waals surface area contributed by atoms with E-state index >= 15 is 0 Å². The van der Waals surface area contributed by atoms with Crippen molar-refractivity contribution in [2.24, 2.45) is 0 Å². The monoisotopic (exact) mass is 438 g/mol. The number of benzene rings is 2. The van der Waals surface area contributed by atoms with Crippen molar-refractivity contribution < 1.29 is 23.8 Å². The maximum absolute atomic E-state index is 13.4. The van der Waals surface area contributed by atoms with E-state index in [0.717, 1.165) is 18.4 Å². The standard InChI is InChI=1S/C25H30N2O5/c1-25(2,3)32-24(29)27-15-18-11-8-12-26(18)23(28)19-13-21(30-4)22(14-20(19)27)31-16-17-9-6-5-7-10-17/h5-7,9-10,13-14,18H,8,11-12,15-16H2,1-4H3/t18-/m0/s1. The number of hydrogen-bond donors (Lipinski definition) is 0. The quantitative estimate of drug-likeness (QED) is 0.696. The second-order valence-corrected chi connectivity index (χ2v) is 9.18. The van der Waals surface area contributed by atoms with Gasteiger partial charge < -0.3 is 19.1 Å². The molecule has 170 valence electrons. The third kappa shape index (κ3) is 4.52. The zero-order valence-corrected chi connectivity index (χ0v) is 19.1. The van der Waals surface area contributed by atoms with E-state index in [0.29, 0.717) is 42.4 Å². The van der Waals surface area contributed by atoms with E-state index in [-0.39, 0.29) is 11.9 Å². The van der Waals surface area contributed by atoms with Gasteiger partial charge in [0.15, 0.2) is 11.5 Å². The molecule has 0 aromatic heterocycles. The molecule has 2 amide bonds. The number of rotatable bonds is 4. The highest BCUT2D eigenvalue weighted by Gasteiger charge is 2.40. The average Bonchev–Trinajstić information content (AvgIpc) is 3.19. The summed E-state index contributed by atoms with van der Waals surface area (Å²) in [5, 5.41) is 0. The minimum Gasteiger partial charge on any atom is -0.493 e. The molecule has 0 spiro atoms. The number of methoxy groups -OCH3 is 1. The molecule has 0 N–H and O–H groups in total. The van der Waals surface area contributed by atoms with Crippen molar-refractivity contribution in [3.63, 3.8) is 0 Å². The molecule has 2 aliphatic heterocycles. The van der Waals surface area contributed by atoms with Crippen molar-refractivity contribution in [1.82, 2.24) is 4.90 Å². The largest absolute Gasteiger partial charge is 0.493 e. The van der Waals surface area contributed by atoms with Crippen LogP contribution in [0.2, 0.25) is 0 Å². The van der Waals surface area contributed by atoms with Gasteiger partial charge in [0.2, 0.25) is 0 Å². The molecule has 0 aliphatic carbocycles. The molecule has 1 fully saturated rings. The Kier molecular flexibility index (Phi) is 6.00. The lowest BCUT2D eigenvalue weighted by molar-refractivity contribution is 0.0566. The molecule has 1 saturated heterocycles. The number of carbonyl (C=O) groups excluding carboxylic acids is 2. The first kappa shape index (κ1) is 22.0. The van der Waals surface area contributed by atoms with Gasteiger partial charge in [-0.1, -0.05) is 30.3 Å². The number of amides is 2. The third-order valence-corrected chi connectivity index (χ3v) is 5.69. The molecule has 32 heavy (non-hydrogen) atoms. The molecule has 4 rings (SSSR count). The summed E-state index contributed by atoms with van der Waals surface area (Å²) in [6.45, 7) is 6.90. The van der Waals surface area contributed by atoms with Gasteiger partial charge in [-0.15, -0.1) is 0 Å². The van der Waals surface area contributed by atoms with Crippen LogP contribution in [0, 0.1) is 0 Å². The van der Waals surface area contributed by atoms with E-state index < -0.39 is 11.7 Å². The molecular formula is C25H30N2O5. The summed E-state index contributed by atoms with van der Waals surface area (Å²) in [5.74, 6) is 0.829. The lowest BCUT2D eigenvalue weighted by atomic mass is 10.1. The summed E-state index contributed by atoms with van der Waals surface area (Å²) in [7, 11) is 1.54. The fourth-order valence-corrected chi connectivity index (χ4v) is 4.20. The number of ether oxygens (including phenoxy) is 3. The molecular weight excluding hydrogens is 408 g/mol. The van der Waals surface area contributed by atoms with Crippen molar-refractivity contribution in [2.45, 2.75) is 51.9 Å². The van der Waals surface area contributed by atoms with Crippen LogP contribution in [0.25, 0.3) is 0 Å². The Bertz CT molecular complexity index is 999. The number of anilines is 1. The Hall–Kier alpha value is -3.22. The zero-order valence-electron chi connectivity index (χ0n) is 19.1. The molecule has 7 heteroatoms. The third-order valence-electron chi connectivity index (χ3n) is 5.69. The summed E-state index contributed by atoms with van der Waals surface area (Å²) in [6.07, 6.45) is 1.30. The van der Waals surface area contributed by atoms with Crippen LogP contribution in [0.15, 0.2) is 42.5 Å². The first-order chi connectivity index (χ1) is 15.3. The van der Waals surface area contributed by atoms with Crippen molar-refractivity contribution in [3.8, 4) is 11.5 Å². The Morgan fingerprint density at radius 1 is 1.12 bits per heavy atom. The fourth-order valence-electron chi connectivity index (χ4n) is 4.20. The van der Waals surface area contributed by atoms with Crippen LogP contribution in [0.3, 0.4) is 0 Å². The highest BCUT2D eigenvalue weighted by Crippen LogP contribution is 2.40. The minimum atomic E-state index is -0.651. The van der Waals surface area contributed by atoms with Crippen LogP contribution in [0.4, 0.5) is 10.5 Å². The molecule has 0 unspecified atom stereocenters. The minimum absolute atomic E-state index is 0.0397. The summed E-state index contributed by atoms with van der Waals surface area (Å²) in [4.78, 5) is 30.0. The van der Waals surface area contributed by atoms with E-state index in [1.165, 1.54) is 0 Å². The second kappa shape index (κ2) is 8.73. The van der Waals surface area contributed by atoms with E-state index in [4.69, 9.17) is 14.2 Å². The van der Waals surface area contributed by atoms with Crippen LogP contribution in [0.1, 0.15) is 49.5 Å². The topological polar surface area (TPSA) is 68.3 Å². The van der Waals surface area contributed by atoms with E-state index in [2.05, 4.69) is 0 Å². The SMILES string of the molecule is COc1cc2c(cc1OCc1ccccc1)N(C(=O)OC(C)(C)C)C[C@@H]1CCCN1C2=O. The Labute approximate surface area is 188 Å². The maximum atomic E-state index is 13.4. The molecule has 0 radical (unpaired) electrons. The van der Waals surface area contributed by atoms with E-state index in [9.17, 15) is 9.59 Å². The van der Waals surface area contributed by atoms with Crippen molar-refractivity contribution >= 4 is 17.7 Å². The normalized spacial score (nSPS) is 18.0. The molecule has 2 aromatic rings. The summed E-state index contributed by atoms with van der Waals surface area (Å²) < 4.78 is 17.3. The Morgan fingerprint density at radius 3 is 2.56 bits per heavy atom. The molecule has 2 aromatic carbocycles. The van der Waals surface area contributed by atoms with Crippen molar-refractivity contribution in [1.29, 1.82) is 0 Å². The van der Waals surface area contributed by atoms with Gasteiger partial charge in [0, 0.05) is 19.2 Å². The lowest BCUT2D eigenvalue weighted by Crippen LogP contribution is -2.43. The van der Waals surface area contributed by atoms with E-state index in [1.54, 1.807) is 24.1 Å². The number of nitrogens with zero attached hydrogens (tertiary/aromatic N) is 2. The second-order valence-electron chi connectivity index (χ2n) is 9.18. The van der Waals surface area contributed by atoms with Crippen LogP contribution in [-0.2, 0) is 11.3 Å². The smallest absolute Gasteiger partial charge is 0.414 e. The summed E-state index contributed by atoms with van der Waals surface area (Å²) >= 11 is 0. The summed E-state index contributed by atoms with van der Waals surface area (Å²) in [6, 6.07) is 13.1. The van der Waals surface area contributed by atoms with Crippen molar-refractivity contribution in [2.75, 3.05) is 25.1 Å². The molecule has 2 heterocycles. The lowest BCUT2D eigenvalue weighted by Gasteiger charge is -2.29. The van der Waals surface area contributed by atoms with Crippen LogP contribution in [-0.4, -0.2) is 48.7 Å². The maximum Gasteiger partial charge on any atom is 0.414 e. The van der Waals surface area contributed by atoms with E-state index in [1.807, 2.05) is 56.0 Å². The number of fused-ring (bicyclic) bond motifs is 2. The van der Waals surface area contributed by atoms with Gasteiger partial charge in [0.25, 0.3) is 5.91 Å². The molecule has 1 atom stereocenters. The Balaban J connectivity index is 1.74.